The minimum Gasteiger partial charge on any atom is -0.433 e. The number of likely N-dealkylation sites (N-methyl/N-ethyl adjacent to an activating group) is 1. The molecule has 34 heavy (non-hydrogen) atoms. The smallest absolute Gasteiger partial charge is 0.387 e. The van der Waals surface area contributed by atoms with Gasteiger partial charge in [-0.3, -0.25) is 4.68 Å². The molecule has 0 spiro atoms. The van der Waals surface area contributed by atoms with E-state index in [9.17, 15) is 8.78 Å². The average molecular weight is 487 g/mol. The number of nitrogen functional groups attached to an aromatic ring is 1. The van der Waals surface area contributed by atoms with Crippen LogP contribution in [0.4, 0.5) is 31.8 Å². The number of nitrogens with zero attached hydrogens (tertiary/aromatic N) is 6. The van der Waals surface area contributed by atoms with Gasteiger partial charge in [-0.2, -0.15) is 13.9 Å². The van der Waals surface area contributed by atoms with Crippen LogP contribution in [0.2, 0.25) is 0 Å². The van der Waals surface area contributed by atoms with Gasteiger partial charge in [-0.1, -0.05) is 0 Å². The van der Waals surface area contributed by atoms with Crippen molar-refractivity contribution >= 4 is 44.6 Å². The third-order valence-electron chi connectivity index (χ3n) is 5.88. The number of hydrogen-bond donors (Lipinski definition) is 2. The van der Waals surface area contributed by atoms with Crippen LogP contribution in [0.1, 0.15) is 0 Å². The monoisotopic (exact) mass is 486 g/mol. The zero-order valence-corrected chi connectivity index (χ0v) is 19.7. The number of benzene rings is 1. The van der Waals surface area contributed by atoms with E-state index in [4.69, 9.17) is 10.5 Å². The number of aromatic nitrogens is 4. The molecule has 0 radical (unpaired) electrons. The highest BCUT2D eigenvalue weighted by molar-refractivity contribution is 7.17. The van der Waals surface area contributed by atoms with Gasteiger partial charge < -0.3 is 25.6 Å². The van der Waals surface area contributed by atoms with Crippen LogP contribution in [0.5, 0.6) is 5.75 Å². The number of nitrogens with one attached hydrogen (secondary N) is 1. The molecule has 5 rings (SSSR count). The first-order valence-electron chi connectivity index (χ1n) is 10.6. The van der Waals surface area contributed by atoms with Crippen LogP contribution in [0.3, 0.4) is 0 Å². The lowest BCUT2D eigenvalue weighted by molar-refractivity contribution is -0.0493. The van der Waals surface area contributed by atoms with Crippen molar-refractivity contribution in [1.29, 1.82) is 0 Å². The molecule has 4 aromatic rings. The minimum atomic E-state index is -2.99. The molecule has 0 bridgehead atoms. The van der Waals surface area contributed by atoms with E-state index >= 15 is 0 Å². The molecule has 1 aliphatic heterocycles. The van der Waals surface area contributed by atoms with E-state index in [-0.39, 0.29) is 17.4 Å². The van der Waals surface area contributed by atoms with Gasteiger partial charge in [-0.05, 0) is 37.7 Å². The number of rotatable bonds is 7. The Morgan fingerprint density at radius 2 is 2.06 bits per heavy atom. The van der Waals surface area contributed by atoms with E-state index < -0.39 is 6.61 Å². The quantitative estimate of drug-likeness (QED) is 0.381. The highest BCUT2D eigenvalue weighted by Crippen LogP contribution is 2.39. The maximum absolute atomic E-state index is 13.2. The number of alkyl halides is 2. The summed E-state index contributed by atoms with van der Waals surface area (Å²) in [5.41, 5.74) is 9.99. The van der Waals surface area contributed by atoms with Crippen molar-refractivity contribution in [2.75, 3.05) is 43.1 Å². The van der Waals surface area contributed by atoms with Crippen molar-refractivity contribution in [2.24, 2.45) is 7.05 Å². The number of hydrogen-bond acceptors (Lipinski definition) is 9. The van der Waals surface area contributed by atoms with Crippen molar-refractivity contribution in [3.05, 3.63) is 35.8 Å². The minimum absolute atomic E-state index is 0.0278. The fourth-order valence-corrected chi connectivity index (χ4v) is 4.86. The SMILES string of the molecule is CN(C)C1CN(c2cc(OC(F)F)c(Nc3nccc(-c4nn(C)c5ccsc45)n3)cc2N)C1. The maximum atomic E-state index is 13.2. The Morgan fingerprint density at radius 3 is 2.79 bits per heavy atom. The first-order valence-corrected chi connectivity index (χ1v) is 11.5. The molecular weight excluding hydrogens is 462 g/mol. The molecule has 12 heteroatoms. The predicted octanol–water partition coefficient (Wildman–Crippen LogP) is 3.77. The summed E-state index contributed by atoms with van der Waals surface area (Å²) in [4.78, 5) is 13.0. The molecule has 178 valence electrons. The Labute approximate surface area is 198 Å². The van der Waals surface area contributed by atoms with Crippen LogP contribution in [0.15, 0.2) is 35.8 Å². The van der Waals surface area contributed by atoms with Gasteiger partial charge in [-0.25, -0.2) is 9.97 Å². The summed E-state index contributed by atoms with van der Waals surface area (Å²) < 4.78 is 34.0. The molecule has 0 saturated carbocycles. The van der Waals surface area contributed by atoms with E-state index in [1.807, 2.05) is 37.5 Å². The van der Waals surface area contributed by atoms with Crippen LogP contribution >= 0.6 is 11.3 Å². The van der Waals surface area contributed by atoms with Crippen molar-refractivity contribution in [1.82, 2.24) is 24.6 Å². The van der Waals surface area contributed by atoms with E-state index in [1.165, 1.54) is 6.07 Å². The molecular formula is C22H24F2N8OS. The van der Waals surface area contributed by atoms with Crippen LogP contribution in [0.25, 0.3) is 21.6 Å². The summed E-state index contributed by atoms with van der Waals surface area (Å²) in [7, 11) is 5.88. The highest BCUT2D eigenvalue weighted by Gasteiger charge is 2.30. The van der Waals surface area contributed by atoms with Crippen molar-refractivity contribution < 1.29 is 13.5 Å². The second-order valence-corrected chi connectivity index (χ2v) is 9.22. The van der Waals surface area contributed by atoms with E-state index in [0.29, 0.717) is 23.1 Å². The van der Waals surface area contributed by atoms with Crippen molar-refractivity contribution in [3.63, 3.8) is 0 Å². The normalized spacial score (nSPS) is 14.3. The molecule has 1 aliphatic rings. The topological polar surface area (TPSA) is 97.4 Å². The molecule has 9 nitrogen and oxygen atoms in total. The molecule has 0 atom stereocenters. The fraction of sp³-hybridized carbons (Fsp3) is 0.318. The summed E-state index contributed by atoms with van der Waals surface area (Å²) in [6, 6.07) is 7.24. The van der Waals surface area contributed by atoms with Gasteiger partial charge in [0.15, 0.2) is 5.75 Å². The number of aryl methyl sites for hydroxylation is 1. The number of ether oxygens (including phenoxy) is 1. The third kappa shape index (κ3) is 4.10. The average Bonchev–Trinajstić information content (AvgIpc) is 3.34. The van der Waals surface area contributed by atoms with Crippen molar-refractivity contribution in [3.8, 4) is 17.1 Å². The second-order valence-electron chi connectivity index (χ2n) is 8.31. The summed E-state index contributed by atoms with van der Waals surface area (Å²) in [6.07, 6.45) is 1.59. The van der Waals surface area contributed by atoms with Crippen LogP contribution in [-0.4, -0.2) is 64.5 Å². The number of halogens is 2. The van der Waals surface area contributed by atoms with Gasteiger partial charge in [0.1, 0.15) is 5.69 Å². The molecule has 3 N–H and O–H groups in total. The Bertz CT molecular complexity index is 1330. The lowest BCUT2D eigenvalue weighted by Crippen LogP contribution is -2.57. The summed E-state index contributed by atoms with van der Waals surface area (Å²) in [5.74, 6) is 0.190. The molecule has 1 fully saturated rings. The Morgan fingerprint density at radius 1 is 1.26 bits per heavy atom. The van der Waals surface area contributed by atoms with Gasteiger partial charge in [0.05, 0.1) is 33.0 Å². The largest absolute Gasteiger partial charge is 0.433 e. The number of nitrogens with two attached hydrogens (primary N) is 1. The second kappa shape index (κ2) is 8.69. The molecule has 0 unspecified atom stereocenters. The zero-order chi connectivity index (χ0) is 24.0. The Kier molecular flexibility index (Phi) is 5.70. The van der Waals surface area contributed by atoms with Gasteiger partial charge in [0, 0.05) is 38.4 Å². The maximum Gasteiger partial charge on any atom is 0.387 e. The first-order chi connectivity index (χ1) is 16.3. The van der Waals surface area contributed by atoms with Crippen LogP contribution in [-0.2, 0) is 7.05 Å². The highest BCUT2D eigenvalue weighted by atomic mass is 32.1. The zero-order valence-electron chi connectivity index (χ0n) is 18.9. The lowest BCUT2D eigenvalue weighted by atomic mass is 10.1. The van der Waals surface area contributed by atoms with E-state index in [1.54, 1.807) is 34.3 Å². The predicted molar refractivity (Wildman–Crippen MR) is 130 cm³/mol. The summed E-state index contributed by atoms with van der Waals surface area (Å²) in [6.45, 7) is -1.48. The van der Waals surface area contributed by atoms with Crippen LogP contribution in [0, 0.1) is 0 Å². The standard InChI is InChI=1S/C22H24F2N8OS/c1-30(2)12-10-32(11-12)17-9-18(33-21(23)24)15(8-13(17)25)28-22-26-6-4-14(27-22)19-20-16(5-7-34-20)31(3)29-19/h4-9,12,21H,10-11,25H2,1-3H3,(H,26,27,28). The molecule has 0 amide bonds. The molecule has 4 heterocycles. The molecule has 0 aliphatic carbocycles. The first kappa shape index (κ1) is 22.3. The van der Waals surface area contributed by atoms with Gasteiger partial charge >= 0.3 is 6.61 Å². The Hall–Kier alpha value is -3.51. The number of fused-ring (bicyclic) bond motifs is 1. The Balaban J connectivity index is 1.45. The molecule has 1 saturated heterocycles. The van der Waals surface area contributed by atoms with Gasteiger partial charge in [-0.15, -0.1) is 11.3 Å². The number of thiophene rings is 1. The summed E-state index contributed by atoms with van der Waals surface area (Å²) >= 11 is 1.57. The molecule has 1 aromatic carbocycles. The van der Waals surface area contributed by atoms with Crippen LogP contribution < -0.4 is 20.7 Å². The molecule has 3 aromatic heterocycles. The van der Waals surface area contributed by atoms with E-state index in [0.717, 1.165) is 29.0 Å². The summed E-state index contributed by atoms with van der Waals surface area (Å²) in [5, 5.41) is 9.54. The van der Waals surface area contributed by atoms with Crippen molar-refractivity contribution in [2.45, 2.75) is 12.7 Å². The van der Waals surface area contributed by atoms with Gasteiger partial charge in [0.2, 0.25) is 5.95 Å². The fourth-order valence-electron chi connectivity index (χ4n) is 3.95. The lowest BCUT2D eigenvalue weighted by Gasteiger charge is -2.44. The van der Waals surface area contributed by atoms with E-state index in [2.05, 4.69) is 25.3 Å². The van der Waals surface area contributed by atoms with Gasteiger partial charge in [0.25, 0.3) is 0 Å². The number of anilines is 4. The third-order valence-corrected chi connectivity index (χ3v) is 6.79.